The number of hydrogen-bond donors (Lipinski definition) is 2. The summed E-state index contributed by atoms with van der Waals surface area (Å²) in [6.45, 7) is 1.12. The van der Waals surface area contributed by atoms with E-state index < -0.39 is 5.60 Å². The molecule has 96 valence electrons. The van der Waals surface area contributed by atoms with E-state index in [-0.39, 0.29) is 11.8 Å². The number of nitrogens with one attached hydrogen (secondary N) is 1. The van der Waals surface area contributed by atoms with Crippen LogP contribution in [0.15, 0.2) is 28.5 Å². The average Bonchev–Trinajstić information content (AvgIpc) is 2.72. The highest BCUT2D eigenvalue weighted by Crippen LogP contribution is 2.32. The van der Waals surface area contributed by atoms with Crippen LogP contribution in [0, 0.1) is 0 Å². The minimum Gasteiger partial charge on any atom is -0.387 e. The van der Waals surface area contributed by atoms with Gasteiger partial charge in [0.1, 0.15) is 0 Å². The summed E-state index contributed by atoms with van der Waals surface area (Å²) in [6.07, 6.45) is 1.57. The van der Waals surface area contributed by atoms with Crippen molar-refractivity contribution in [1.29, 1.82) is 0 Å². The van der Waals surface area contributed by atoms with E-state index in [2.05, 4.69) is 20.3 Å². The normalized spacial score (nSPS) is 26.9. The van der Waals surface area contributed by atoms with E-state index in [9.17, 15) is 5.11 Å². The minimum absolute atomic E-state index is 0.0573. The van der Waals surface area contributed by atoms with Gasteiger partial charge in [-0.05, 0) is 17.7 Å². The zero-order valence-corrected chi connectivity index (χ0v) is 11.0. The van der Waals surface area contributed by atoms with Gasteiger partial charge in [-0.2, -0.15) is 0 Å². The fourth-order valence-corrected chi connectivity index (χ4v) is 3.01. The molecule has 1 aromatic rings. The Bertz CT molecular complexity index is 464. The van der Waals surface area contributed by atoms with Crippen molar-refractivity contribution in [2.24, 2.45) is 5.11 Å². The Hall–Kier alpha value is -0.980. The minimum atomic E-state index is -1.03. The van der Waals surface area contributed by atoms with Gasteiger partial charge in [-0.1, -0.05) is 28.5 Å². The van der Waals surface area contributed by atoms with Crippen LogP contribution >= 0.6 is 23.4 Å². The number of nitrogens with zero attached hydrogens (tertiary/aromatic N) is 4. The van der Waals surface area contributed by atoms with E-state index >= 15 is 0 Å². The Morgan fingerprint density at radius 2 is 2.56 bits per heavy atom. The lowest BCUT2D eigenvalue weighted by Crippen LogP contribution is -2.42. The predicted molar refractivity (Wildman–Crippen MR) is 70.7 cm³/mol. The molecule has 0 aromatic carbocycles. The van der Waals surface area contributed by atoms with E-state index in [0.717, 1.165) is 5.03 Å². The van der Waals surface area contributed by atoms with Crippen molar-refractivity contribution in [3.8, 4) is 0 Å². The Balaban J connectivity index is 2.07. The maximum atomic E-state index is 10.4. The van der Waals surface area contributed by atoms with Crippen LogP contribution in [-0.2, 0) is 0 Å². The second-order valence-corrected chi connectivity index (χ2v) is 5.70. The maximum Gasteiger partial charge on any atom is 0.0965 e. The van der Waals surface area contributed by atoms with E-state index in [1.54, 1.807) is 18.3 Å². The summed E-state index contributed by atoms with van der Waals surface area (Å²) in [5.41, 5.74) is 7.31. The molecule has 18 heavy (non-hydrogen) atoms. The van der Waals surface area contributed by atoms with E-state index in [4.69, 9.17) is 17.1 Å². The molecule has 2 rings (SSSR count). The molecular formula is C10H12ClN5OS. The molecule has 0 radical (unpaired) electrons. The van der Waals surface area contributed by atoms with Gasteiger partial charge >= 0.3 is 0 Å². The van der Waals surface area contributed by atoms with Gasteiger partial charge in [-0.3, -0.25) is 0 Å². The second-order valence-electron chi connectivity index (χ2n) is 4.04. The monoisotopic (exact) mass is 285 g/mol. The lowest BCUT2D eigenvalue weighted by Gasteiger charge is -2.26. The van der Waals surface area contributed by atoms with Crippen molar-refractivity contribution in [3.63, 3.8) is 0 Å². The zero-order chi connectivity index (χ0) is 13.0. The maximum absolute atomic E-state index is 10.4. The van der Waals surface area contributed by atoms with Gasteiger partial charge in [-0.15, -0.1) is 0 Å². The van der Waals surface area contributed by atoms with Gasteiger partial charge in [0.05, 0.1) is 27.4 Å². The first-order valence-corrected chi connectivity index (χ1v) is 6.62. The highest BCUT2D eigenvalue weighted by molar-refractivity contribution is 8.00. The fraction of sp³-hybridized carbons (Fsp3) is 0.500. The summed E-state index contributed by atoms with van der Waals surface area (Å²) in [5.74, 6) is 0. The van der Waals surface area contributed by atoms with Gasteiger partial charge < -0.3 is 10.4 Å². The number of aliphatic hydroxyl groups is 1. The molecule has 1 saturated heterocycles. The lowest BCUT2D eigenvalue weighted by molar-refractivity contribution is 0.0758. The Kier molecular flexibility index (Phi) is 4.31. The molecular weight excluding hydrogens is 274 g/mol. The smallest absolute Gasteiger partial charge is 0.0965 e. The molecule has 2 atom stereocenters. The van der Waals surface area contributed by atoms with Crippen LogP contribution in [0.3, 0.4) is 0 Å². The van der Waals surface area contributed by atoms with Crippen LogP contribution in [0.5, 0.6) is 0 Å². The van der Waals surface area contributed by atoms with Crippen LogP contribution in [0.4, 0.5) is 0 Å². The fourth-order valence-electron chi connectivity index (χ4n) is 1.76. The first kappa shape index (κ1) is 13.5. The largest absolute Gasteiger partial charge is 0.387 e. The Labute approximate surface area is 113 Å². The van der Waals surface area contributed by atoms with E-state index in [1.807, 2.05) is 0 Å². The standard InChI is InChI=1S/C10H12ClN5OS/c11-7-1-2-9(14-3-7)18-8-4-13-5-10(8,17)6-15-16-12/h1-3,8,13,17H,4-6H2/t8-,10-/m0/s1. The molecule has 0 bridgehead atoms. The van der Waals surface area contributed by atoms with Gasteiger partial charge in [0.2, 0.25) is 0 Å². The number of rotatable bonds is 4. The molecule has 1 aliphatic heterocycles. The molecule has 0 aliphatic carbocycles. The molecule has 6 nitrogen and oxygen atoms in total. The van der Waals surface area contributed by atoms with E-state index in [1.165, 1.54) is 11.8 Å². The number of halogens is 1. The average molecular weight is 286 g/mol. The van der Waals surface area contributed by atoms with Crippen molar-refractivity contribution in [1.82, 2.24) is 10.3 Å². The molecule has 1 aliphatic rings. The Morgan fingerprint density at radius 1 is 1.72 bits per heavy atom. The molecule has 0 amide bonds. The molecule has 0 saturated carbocycles. The quantitative estimate of drug-likeness (QED) is 0.501. The third kappa shape index (κ3) is 3.07. The molecule has 2 N–H and O–H groups in total. The second kappa shape index (κ2) is 5.77. The van der Waals surface area contributed by atoms with Crippen LogP contribution in [0.25, 0.3) is 10.4 Å². The van der Waals surface area contributed by atoms with Crippen LogP contribution in [0.1, 0.15) is 0 Å². The van der Waals surface area contributed by atoms with Crippen LogP contribution < -0.4 is 5.32 Å². The summed E-state index contributed by atoms with van der Waals surface area (Å²) in [4.78, 5) is 6.87. The van der Waals surface area contributed by atoms with Crippen LogP contribution in [0.2, 0.25) is 5.02 Å². The van der Waals surface area contributed by atoms with Crippen molar-refractivity contribution in [3.05, 3.63) is 33.8 Å². The number of aromatic nitrogens is 1. The number of β-amino-alcohol motifs (C(OH)–C–C–N with tert-alkyl or cyclic N) is 1. The highest BCUT2D eigenvalue weighted by Gasteiger charge is 2.41. The van der Waals surface area contributed by atoms with Gasteiger partial charge in [0.15, 0.2) is 0 Å². The first-order valence-electron chi connectivity index (χ1n) is 5.36. The van der Waals surface area contributed by atoms with Gasteiger partial charge in [0, 0.05) is 24.2 Å². The predicted octanol–water partition coefficient (Wildman–Crippen LogP) is 1.84. The Morgan fingerprint density at radius 3 is 3.22 bits per heavy atom. The third-order valence-electron chi connectivity index (χ3n) is 2.73. The summed E-state index contributed by atoms with van der Waals surface area (Å²) in [6, 6.07) is 3.56. The van der Waals surface area contributed by atoms with Crippen molar-refractivity contribution in [2.45, 2.75) is 15.9 Å². The summed E-state index contributed by atoms with van der Waals surface area (Å²) in [7, 11) is 0. The molecule has 8 heteroatoms. The molecule has 0 spiro atoms. The number of azide groups is 1. The lowest BCUT2D eigenvalue weighted by atomic mass is 10.0. The van der Waals surface area contributed by atoms with Crippen LogP contribution in [-0.4, -0.2) is 40.6 Å². The van der Waals surface area contributed by atoms with Crippen molar-refractivity contribution < 1.29 is 5.11 Å². The molecule has 1 fully saturated rings. The van der Waals surface area contributed by atoms with Gasteiger partial charge in [-0.25, -0.2) is 4.98 Å². The third-order valence-corrected chi connectivity index (χ3v) is 4.33. The molecule has 0 unspecified atom stereocenters. The first-order chi connectivity index (χ1) is 8.64. The molecule has 2 heterocycles. The summed E-state index contributed by atoms with van der Waals surface area (Å²) < 4.78 is 0. The van der Waals surface area contributed by atoms with Crippen molar-refractivity contribution in [2.75, 3.05) is 19.6 Å². The SMILES string of the molecule is [N-]=[N+]=NC[C@@]1(O)CNC[C@@H]1Sc1ccc(Cl)cn1. The van der Waals surface area contributed by atoms with Crippen molar-refractivity contribution >= 4 is 23.4 Å². The summed E-state index contributed by atoms with van der Waals surface area (Å²) >= 11 is 7.22. The van der Waals surface area contributed by atoms with Gasteiger partial charge in [0.25, 0.3) is 0 Å². The topological polar surface area (TPSA) is 93.9 Å². The van der Waals surface area contributed by atoms with E-state index in [0.29, 0.717) is 18.1 Å². The number of thioether (sulfide) groups is 1. The number of pyridine rings is 1. The molecule has 1 aromatic heterocycles. The number of hydrogen-bond acceptors (Lipinski definition) is 5. The highest BCUT2D eigenvalue weighted by atomic mass is 35.5. The summed E-state index contributed by atoms with van der Waals surface area (Å²) in [5, 5.41) is 18.2. The zero-order valence-electron chi connectivity index (χ0n) is 9.45.